The molecule has 5 heteroatoms. The molecule has 1 atom stereocenters. The molecule has 0 radical (unpaired) electrons. The van der Waals surface area contributed by atoms with Crippen LogP contribution in [0.5, 0.6) is 0 Å². The van der Waals surface area contributed by atoms with Crippen molar-refractivity contribution in [2.24, 2.45) is 0 Å². The fourth-order valence-corrected chi connectivity index (χ4v) is 2.07. The van der Waals surface area contributed by atoms with E-state index in [-0.39, 0.29) is 23.4 Å². The number of rotatable bonds is 2. The number of fused-ring (bicyclic) bond motifs is 1. The second-order valence-electron chi connectivity index (χ2n) is 4.06. The lowest BCUT2D eigenvalue weighted by Gasteiger charge is -2.20. The molecule has 0 saturated heterocycles. The molecule has 1 aliphatic heterocycles. The van der Waals surface area contributed by atoms with Gasteiger partial charge in [0.25, 0.3) is 5.91 Å². The van der Waals surface area contributed by atoms with E-state index in [0.717, 1.165) is 17.0 Å². The van der Waals surface area contributed by atoms with Gasteiger partial charge in [-0.3, -0.25) is 9.69 Å². The van der Waals surface area contributed by atoms with E-state index in [4.69, 9.17) is 11.7 Å². The average Bonchev–Trinajstić information content (AvgIpc) is 2.61. The molecule has 0 spiro atoms. The minimum Gasteiger partial charge on any atom is -0.371 e. The molecule has 1 N–H and O–H groups in total. The summed E-state index contributed by atoms with van der Waals surface area (Å²) in [4.78, 5) is 13.4. The fraction of sp³-hybridized carbons (Fsp3) is 0.143. The molecule has 0 saturated carbocycles. The number of hydrogen-bond donors (Lipinski definition) is 1. The van der Waals surface area contributed by atoms with E-state index in [1.807, 2.05) is 0 Å². The van der Waals surface area contributed by atoms with Crippen molar-refractivity contribution in [3.8, 4) is 18.4 Å². The summed E-state index contributed by atoms with van der Waals surface area (Å²) in [5.74, 6) is 0.857. The van der Waals surface area contributed by atoms with E-state index >= 15 is 0 Å². The van der Waals surface area contributed by atoms with Gasteiger partial charge in [0, 0.05) is 5.56 Å². The van der Waals surface area contributed by atoms with Gasteiger partial charge in [-0.05, 0) is 18.2 Å². The Balaban J connectivity index is 2.71. The summed E-state index contributed by atoms with van der Waals surface area (Å²) in [6.07, 6.45) is 5.17. The molecule has 1 aromatic carbocycles. The number of carbonyl (C=O) groups excluding carboxylic acids is 1. The van der Waals surface area contributed by atoms with Gasteiger partial charge in [0.1, 0.15) is 5.82 Å². The molecule has 2 rings (SSSR count). The lowest BCUT2D eigenvalue weighted by Crippen LogP contribution is -2.41. The number of benzene rings is 1. The third-order valence-corrected chi connectivity index (χ3v) is 3.01. The van der Waals surface area contributed by atoms with Crippen molar-refractivity contribution in [3.05, 3.63) is 41.7 Å². The quantitative estimate of drug-likeness (QED) is 0.636. The molecule has 0 bridgehead atoms. The minimum atomic E-state index is -2.25. The molecule has 1 heterocycles. The van der Waals surface area contributed by atoms with Crippen molar-refractivity contribution >= 4 is 11.6 Å². The van der Waals surface area contributed by atoms with E-state index in [1.54, 1.807) is 6.07 Å². The van der Waals surface area contributed by atoms with Crippen LogP contribution in [0, 0.1) is 29.5 Å². The van der Waals surface area contributed by atoms with Crippen LogP contribution in [0.25, 0.3) is 0 Å². The van der Waals surface area contributed by atoms with Crippen molar-refractivity contribution in [3.63, 3.8) is 0 Å². The molecular weight excluding hydrogens is 247 g/mol. The van der Waals surface area contributed by atoms with Gasteiger partial charge in [-0.2, -0.15) is 5.26 Å². The van der Waals surface area contributed by atoms with Crippen LogP contribution in [0.2, 0.25) is 0 Å². The Kier molecular flexibility index (Phi) is 2.86. The lowest BCUT2D eigenvalue weighted by atomic mass is 9.89. The first-order chi connectivity index (χ1) is 8.96. The standard InChI is InChI=1S/C14H9FN2O2/c1-3-6-17-12-5-4-10(15)7-11(12)14(19,13(17)18)9(2)8-16/h1,4-5,7,19H,2,6H2. The van der Waals surface area contributed by atoms with Crippen LogP contribution in [-0.2, 0) is 10.4 Å². The number of anilines is 1. The number of carbonyl (C=O) groups is 1. The third kappa shape index (κ3) is 1.61. The van der Waals surface area contributed by atoms with Crippen molar-refractivity contribution in [2.45, 2.75) is 5.60 Å². The Hall–Kier alpha value is -2.63. The molecule has 19 heavy (non-hydrogen) atoms. The summed E-state index contributed by atoms with van der Waals surface area (Å²) in [7, 11) is 0. The highest BCUT2D eigenvalue weighted by Crippen LogP contribution is 2.43. The van der Waals surface area contributed by atoms with E-state index in [1.165, 1.54) is 6.07 Å². The maximum absolute atomic E-state index is 13.3. The van der Waals surface area contributed by atoms with Crippen LogP contribution in [0.3, 0.4) is 0 Å². The first-order valence-electron chi connectivity index (χ1n) is 5.34. The van der Waals surface area contributed by atoms with Crippen LogP contribution < -0.4 is 4.90 Å². The van der Waals surface area contributed by atoms with Crippen molar-refractivity contribution < 1.29 is 14.3 Å². The molecule has 0 aromatic heterocycles. The number of amides is 1. The highest BCUT2D eigenvalue weighted by atomic mass is 19.1. The molecule has 1 unspecified atom stereocenters. The van der Waals surface area contributed by atoms with Gasteiger partial charge < -0.3 is 5.11 Å². The third-order valence-electron chi connectivity index (χ3n) is 3.01. The summed E-state index contributed by atoms with van der Waals surface area (Å²) in [5, 5.41) is 19.3. The second kappa shape index (κ2) is 4.24. The predicted molar refractivity (Wildman–Crippen MR) is 66.2 cm³/mol. The summed E-state index contributed by atoms with van der Waals surface area (Å²) < 4.78 is 13.3. The summed E-state index contributed by atoms with van der Waals surface area (Å²) >= 11 is 0. The summed E-state index contributed by atoms with van der Waals surface area (Å²) in [6.45, 7) is 3.28. The molecule has 94 valence electrons. The van der Waals surface area contributed by atoms with Crippen molar-refractivity contribution in [1.29, 1.82) is 5.26 Å². The Labute approximate surface area is 109 Å². The predicted octanol–water partition coefficient (Wildman–Crippen LogP) is 1.07. The zero-order valence-corrected chi connectivity index (χ0v) is 9.85. The van der Waals surface area contributed by atoms with Crippen LogP contribution in [0.15, 0.2) is 30.4 Å². The number of aliphatic hydroxyl groups is 1. The van der Waals surface area contributed by atoms with Crippen LogP contribution in [0.4, 0.5) is 10.1 Å². The number of halogens is 1. The van der Waals surface area contributed by atoms with Crippen LogP contribution in [0.1, 0.15) is 5.56 Å². The Morgan fingerprint density at radius 3 is 2.89 bits per heavy atom. The SMILES string of the molecule is C#CCN1C(=O)C(O)(C(=C)C#N)c2cc(F)ccc21. The lowest BCUT2D eigenvalue weighted by molar-refractivity contribution is -0.132. The average molecular weight is 256 g/mol. The smallest absolute Gasteiger partial charge is 0.270 e. The number of hydrogen-bond acceptors (Lipinski definition) is 3. The van der Waals surface area contributed by atoms with Gasteiger partial charge in [0.05, 0.1) is 23.9 Å². The fourth-order valence-electron chi connectivity index (χ4n) is 2.07. The maximum atomic E-state index is 13.3. The zero-order valence-electron chi connectivity index (χ0n) is 9.85. The normalized spacial score (nSPS) is 20.6. The Morgan fingerprint density at radius 1 is 1.63 bits per heavy atom. The van der Waals surface area contributed by atoms with Gasteiger partial charge in [0.15, 0.2) is 0 Å². The van der Waals surface area contributed by atoms with Gasteiger partial charge in [-0.25, -0.2) is 4.39 Å². The summed E-state index contributed by atoms with van der Waals surface area (Å²) in [6, 6.07) is 5.13. The Morgan fingerprint density at radius 2 is 2.32 bits per heavy atom. The highest BCUT2D eigenvalue weighted by Gasteiger charge is 2.52. The maximum Gasteiger partial charge on any atom is 0.270 e. The summed E-state index contributed by atoms with van der Waals surface area (Å²) in [5.41, 5.74) is -2.35. The van der Waals surface area contributed by atoms with Gasteiger partial charge in [-0.15, -0.1) is 6.42 Å². The van der Waals surface area contributed by atoms with Crippen molar-refractivity contribution in [1.82, 2.24) is 0 Å². The Bertz CT molecular complexity index is 669. The highest BCUT2D eigenvalue weighted by molar-refractivity contribution is 6.09. The van der Waals surface area contributed by atoms with Gasteiger partial charge in [-0.1, -0.05) is 12.5 Å². The van der Waals surface area contributed by atoms with Crippen LogP contribution >= 0.6 is 0 Å². The molecule has 1 aliphatic rings. The van der Waals surface area contributed by atoms with E-state index in [2.05, 4.69) is 12.5 Å². The number of terminal acetylenes is 1. The minimum absolute atomic E-state index is 0.0145. The zero-order chi connectivity index (χ0) is 14.2. The molecular formula is C14H9FN2O2. The first-order valence-corrected chi connectivity index (χ1v) is 5.34. The monoisotopic (exact) mass is 256 g/mol. The van der Waals surface area contributed by atoms with Gasteiger partial charge in [0.2, 0.25) is 5.60 Å². The van der Waals surface area contributed by atoms with Crippen molar-refractivity contribution in [2.75, 3.05) is 11.4 Å². The van der Waals surface area contributed by atoms with E-state index in [0.29, 0.717) is 0 Å². The second-order valence-corrected chi connectivity index (χ2v) is 4.06. The molecule has 1 aromatic rings. The van der Waals surface area contributed by atoms with Gasteiger partial charge >= 0.3 is 0 Å². The molecule has 1 amide bonds. The molecule has 4 nitrogen and oxygen atoms in total. The number of nitrogens with zero attached hydrogens (tertiary/aromatic N) is 2. The molecule has 0 fully saturated rings. The number of nitriles is 1. The molecule has 0 aliphatic carbocycles. The largest absolute Gasteiger partial charge is 0.371 e. The van der Waals surface area contributed by atoms with E-state index in [9.17, 15) is 14.3 Å². The first kappa shape index (κ1) is 12.8. The van der Waals surface area contributed by atoms with E-state index < -0.39 is 17.3 Å². The topological polar surface area (TPSA) is 64.3 Å². The van der Waals surface area contributed by atoms with Crippen LogP contribution in [-0.4, -0.2) is 17.6 Å².